The molecule has 0 heterocycles. The van der Waals surface area contributed by atoms with Crippen molar-refractivity contribution in [3.05, 3.63) is 25.3 Å². The van der Waals surface area contributed by atoms with Crippen molar-refractivity contribution in [2.45, 2.75) is 0 Å². The van der Waals surface area contributed by atoms with E-state index in [1.807, 2.05) is 11.2 Å². The molecule has 2 N–H and O–H groups in total. The summed E-state index contributed by atoms with van der Waals surface area (Å²) in [7, 11) is 0. The summed E-state index contributed by atoms with van der Waals surface area (Å²) < 4.78 is 0. The zero-order valence-electron chi connectivity index (χ0n) is 5.95. The Kier molecular flexibility index (Phi) is 5.35. The quantitative estimate of drug-likeness (QED) is 0.243. The van der Waals surface area contributed by atoms with Crippen LogP contribution in [0.5, 0.6) is 0 Å². The number of quaternary nitrogens is 1. The first-order chi connectivity index (χ1) is 4.85. The van der Waals surface area contributed by atoms with Crippen LogP contribution in [0.2, 0.25) is 0 Å². The third-order valence-electron chi connectivity index (χ3n) is 0.968. The lowest BCUT2D eigenvalue weighted by Crippen LogP contribution is -2.89. The molecule has 0 atom stereocenters. The lowest BCUT2D eigenvalue weighted by molar-refractivity contribution is -0.733. The summed E-state index contributed by atoms with van der Waals surface area (Å²) in [5.41, 5.74) is 1.46. The summed E-state index contributed by atoms with van der Waals surface area (Å²) >= 11 is 0. The molecule has 0 aliphatic heterocycles. The van der Waals surface area contributed by atoms with Crippen molar-refractivity contribution in [3.8, 4) is 6.19 Å². The van der Waals surface area contributed by atoms with E-state index in [2.05, 4.69) is 13.2 Å². The SMILES string of the molecule is C=CCN(CC=C)[NH2+]C#N. The van der Waals surface area contributed by atoms with Crippen molar-refractivity contribution in [1.29, 1.82) is 5.26 Å². The molecule has 0 aliphatic rings. The third kappa shape index (κ3) is 3.84. The minimum Gasteiger partial charge on any atom is -0.167 e. The molecule has 0 aromatic rings. The Morgan fingerprint density at radius 1 is 1.40 bits per heavy atom. The Morgan fingerprint density at radius 2 is 1.90 bits per heavy atom. The zero-order chi connectivity index (χ0) is 7.82. The molecule has 0 fully saturated rings. The summed E-state index contributed by atoms with van der Waals surface area (Å²) in [5, 5.41) is 10.1. The molecule has 0 radical (unpaired) electrons. The van der Waals surface area contributed by atoms with Crippen LogP contribution in [0.3, 0.4) is 0 Å². The molecule has 0 spiro atoms. The van der Waals surface area contributed by atoms with E-state index in [1.54, 1.807) is 12.2 Å². The Hall–Kier alpha value is -1.11. The van der Waals surface area contributed by atoms with Crippen LogP contribution in [0.1, 0.15) is 0 Å². The second kappa shape index (κ2) is 6.02. The van der Waals surface area contributed by atoms with Crippen molar-refractivity contribution in [1.82, 2.24) is 5.01 Å². The molecule has 10 heavy (non-hydrogen) atoms. The second-order valence-corrected chi connectivity index (χ2v) is 1.79. The standard InChI is InChI=1S/C7H11N3/c1-3-5-10(6-4-2)9-7-8/h3-4,9H,1-2,5-6H2/p+1. The number of hydrogen-bond donors (Lipinski definition) is 1. The van der Waals surface area contributed by atoms with Gasteiger partial charge in [-0.15, -0.1) is 23.4 Å². The van der Waals surface area contributed by atoms with Gasteiger partial charge in [-0.2, -0.15) is 5.43 Å². The lowest BCUT2D eigenvalue weighted by Gasteiger charge is -2.08. The second-order valence-electron chi connectivity index (χ2n) is 1.79. The number of nitrogens with two attached hydrogens (primary N) is 1. The molecule has 0 unspecified atom stereocenters. The molecule has 0 saturated heterocycles. The maximum Gasteiger partial charge on any atom is 0.326 e. The number of nitrogens with zero attached hydrogens (tertiary/aromatic N) is 2. The van der Waals surface area contributed by atoms with Crippen LogP contribution in [0, 0.1) is 11.5 Å². The average molecular weight is 138 g/mol. The van der Waals surface area contributed by atoms with Crippen LogP contribution in [-0.4, -0.2) is 18.1 Å². The van der Waals surface area contributed by atoms with Crippen LogP contribution in [-0.2, 0) is 0 Å². The first-order valence-corrected chi connectivity index (χ1v) is 3.04. The molecule has 0 saturated carbocycles. The Morgan fingerprint density at radius 3 is 2.20 bits per heavy atom. The van der Waals surface area contributed by atoms with Crippen molar-refractivity contribution in [3.63, 3.8) is 0 Å². The van der Waals surface area contributed by atoms with Gasteiger partial charge < -0.3 is 0 Å². The minimum atomic E-state index is 0.694. The largest absolute Gasteiger partial charge is 0.326 e. The van der Waals surface area contributed by atoms with Crippen LogP contribution in [0.25, 0.3) is 0 Å². The molecule has 0 aromatic heterocycles. The van der Waals surface area contributed by atoms with Gasteiger partial charge in [0, 0.05) is 0 Å². The zero-order valence-corrected chi connectivity index (χ0v) is 5.95. The van der Waals surface area contributed by atoms with E-state index < -0.39 is 0 Å². The maximum atomic E-state index is 8.27. The summed E-state index contributed by atoms with van der Waals surface area (Å²) in [6.45, 7) is 8.51. The Balaban J connectivity index is 3.61. The predicted molar refractivity (Wildman–Crippen MR) is 39.5 cm³/mol. The van der Waals surface area contributed by atoms with Gasteiger partial charge in [-0.1, -0.05) is 12.2 Å². The maximum absolute atomic E-state index is 8.27. The molecule has 3 nitrogen and oxygen atoms in total. The van der Waals surface area contributed by atoms with Crippen LogP contribution >= 0.6 is 0 Å². The normalized spacial score (nSPS) is 8.80. The van der Waals surface area contributed by atoms with Crippen LogP contribution in [0.4, 0.5) is 0 Å². The van der Waals surface area contributed by atoms with Gasteiger partial charge in [0.25, 0.3) is 0 Å². The molecule has 0 rings (SSSR count). The first kappa shape index (κ1) is 8.89. The molecule has 3 heteroatoms. The van der Waals surface area contributed by atoms with E-state index in [1.165, 1.54) is 5.43 Å². The summed E-state index contributed by atoms with van der Waals surface area (Å²) in [6, 6.07) is 0. The Labute approximate surface area is 61.2 Å². The van der Waals surface area contributed by atoms with Crippen LogP contribution < -0.4 is 5.43 Å². The van der Waals surface area contributed by atoms with Crippen molar-refractivity contribution in [2.75, 3.05) is 13.1 Å². The fourth-order valence-electron chi connectivity index (χ4n) is 0.593. The summed E-state index contributed by atoms with van der Waals surface area (Å²) in [5.74, 6) is 0. The fraction of sp³-hybridized carbons (Fsp3) is 0.286. The summed E-state index contributed by atoms with van der Waals surface area (Å²) in [4.78, 5) is 0. The van der Waals surface area contributed by atoms with E-state index in [9.17, 15) is 0 Å². The summed E-state index contributed by atoms with van der Waals surface area (Å²) in [6.07, 6.45) is 5.44. The minimum absolute atomic E-state index is 0.694. The monoisotopic (exact) mass is 138 g/mol. The third-order valence-corrected chi connectivity index (χ3v) is 0.968. The van der Waals surface area contributed by atoms with E-state index in [0.29, 0.717) is 13.1 Å². The topological polar surface area (TPSA) is 43.6 Å². The van der Waals surface area contributed by atoms with Crippen molar-refractivity contribution >= 4 is 0 Å². The van der Waals surface area contributed by atoms with Crippen molar-refractivity contribution < 1.29 is 5.43 Å². The first-order valence-electron chi connectivity index (χ1n) is 3.04. The highest BCUT2D eigenvalue weighted by atomic mass is 15.5. The molecule has 0 aromatic carbocycles. The molecular formula is C7H12N3+. The highest BCUT2D eigenvalue weighted by Crippen LogP contribution is 1.74. The average Bonchev–Trinajstić information content (AvgIpc) is 1.90. The van der Waals surface area contributed by atoms with Gasteiger partial charge in [0.1, 0.15) is 0 Å². The van der Waals surface area contributed by atoms with Gasteiger partial charge in [-0.3, -0.25) is 0 Å². The molecule has 54 valence electrons. The highest BCUT2D eigenvalue weighted by molar-refractivity contribution is 4.75. The molecule has 0 aliphatic carbocycles. The number of rotatable bonds is 5. The van der Waals surface area contributed by atoms with E-state index >= 15 is 0 Å². The van der Waals surface area contributed by atoms with Crippen LogP contribution in [0.15, 0.2) is 25.3 Å². The fourth-order valence-corrected chi connectivity index (χ4v) is 0.593. The van der Waals surface area contributed by atoms with Gasteiger partial charge in [0.05, 0.1) is 13.1 Å². The van der Waals surface area contributed by atoms with Gasteiger partial charge in [0.2, 0.25) is 0 Å². The number of hydrogen-bond acceptors (Lipinski definition) is 2. The van der Waals surface area contributed by atoms with Gasteiger partial charge in [0.15, 0.2) is 0 Å². The van der Waals surface area contributed by atoms with Gasteiger partial charge in [-0.25, -0.2) is 0 Å². The van der Waals surface area contributed by atoms with Gasteiger partial charge >= 0.3 is 6.19 Å². The van der Waals surface area contributed by atoms with E-state index in [-0.39, 0.29) is 0 Å². The Bertz CT molecular complexity index is 135. The highest BCUT2D eigenvalue weighted by Gasteiger charge is 1.99. The number of nitriles is 1. The van der Waals surface area contributed by atoms with Gasteiger partial charge in [-0.05, 0) is 0 Å². The molecule has 0 amide bonds. The predicted octanol–water partition coefficient (Wildman–Crippen LogP) is -0.380. The van der Waals surface area contributed by atoms with E-state index in [0.717, 1.165) is 0 Å². The molecular weight excluding hydrogens is 126 g/mol. The smallest absolute Gasteiger partial charge is 0.167 e. The molecule has 0 bridgehead atoms. The van der Waals surface area contributed by atoms with Crippen molar-refractivity contribution in [2.24, 2.45) is 0 Å². The van der Waals surface area contributed by atoms with E-state index in [4.69, 9.17) is 5.26 Å². The lowest BCUT2D eigenvalue weighted by atomic mass is 10.5.